The minimum Gasteiger partial charge on any atom is -0.330 e. The molecule has 98 valence electrons. The lowest BCUT2D eigenvalue weighted by atomic mass is 9.57. The van der Waals surface area contributed by atoms with E-state index in [1.54, 1.807) is 0 Å². The van der Waals surface area contributed by atoms with Gasteiger partial charge in [0.15, 0.2) is 0 Å². The van der Waals surface area contributed by atoms with E-state index in [0.717, 1.165) is 17.9 Å². The molecule has 0 saturated heterocycles. The number of halogens is 1. The van der Waals surface area contributed by atoms with Crippen LogP contribution in [0.1, 0.15) is 29.9 Å². The molecule has 1 nitrogen and oxygen atoms in total. The van der Waals surface area contributed by atoms with E-state index in [1.807, 2.05) is 12.1 Å². The van der Waals surface area contributed by atoms with E-state index in [-0.39, 0.29) is 5.41 Å². The Kier molecular flexibility index (Phi) is 3.34. The van der Waals surface area contributed by atoms with Crippen molar-refractivity contribution in [3.05, 3.63) is 70.7 Å². The van der Waals surface area contributed by atoms with E-state index in [9.17, 15) is 0 Å². The van der Waals surface area contributed by atoms with Crippen molar-refractivity contribution in [3.8, 4) is 0 Å². The maximum atomic E-state index is 6.05. The van der Waals surface area contributed by atoms with Gasteiger partial charge in [-0.1, -0.05) is 54.1 Å². The van der Waals surface area contributed by atoms with Crippen LogP contribution < -0.4 is 5.73 Å². The van der Waals surface area contributed by atoms with Gasteiger partial charge in [0.05, 0.1) is 0 Å². The van der Waals surface area contributed by atoms with Crippen LogP contribution in [0.25, 0.3) is 0 Å². The molecule has 2 N–H and O–H groups in total. The van der Waals surface area contributed by atoms with Gasteiger partial charge in [0, 0.05) is 17.0 Å². The zero-order valence-corrected chi connectivity index (χ0v) is 11.6. The fourth-order valence-corrected chi connectivity index (χ4v) is 3.29. The van der Waals surface area contributed by atoms with E-state index in [0.29, 0.717) is 12.5 Å². The molecule has 1 saturated carbocycles. The monoisotopic (exact) mass is 271 g/mol. The first-order valence-corrected chi connectivity index (χ1v) is 7.12. The number of hydrogen-bond donors (Lipinski definition) is 1. The average Bonchev–Trinajstić information content (AvgIpc) is 2.41. The fourth-order valence-electron chi connectivity index (χ4n) is 3.17. The summed E-state index contributed by atoms with van der Waals surface area (Å²) in [6, 6.07) is 18.9. The molecule has 1 aliphatic carbocycles. The van der Waals surface area contributed by atoms with Gasteiger partial charge in [0.25, 0.3) is 0 Å². The highest BCUT2D eigenvalue weighted by atomic mass is 35.5. The summed E-state index contributed by atoms with van der Waals surface area (Å²) in [5, 5.41) is 0.787. The molecule has 0 atom stereocenters. The van der Waals surface area contributed by atoms with Crippen molar-refractivity contribution in [1.29, 1.82) is 0 Å². The lowest BCUT2D eigenvalue weighted by molar-refractivity contribution is 0.209. The molecule has 2 aromatic carbocycles. The van der Waals surface area contributed by atoms with Crippen molar-refractivity contribution in [3.63, 3.8) is 0 Å². The van der Waals surface area contributed by atoms with Gasteiger partial charge in [-0.25, -0.2) is 0 Å². The number of nitrogens with two attached hydrogens (primary N) is 1. The van der Waals surface area contributed by atoms with Gasteiger partial charge in [-0.3, -0.25) is 0 Å². The Hall–Kier alpha value is -1.31. The Morgan fingerprint density at radius 3 is 2.21 bits per heavy atom. The normalized spacial score (nSPS) is 25.9. The Morgan fingerprint density at radius 2 is 1.63 bits per heavy atom. The topological polar surface area (TPSA) is 26.0 Å². The van der Waals surface area contributed by atoms with Crippen LogP contribution >= 0.6 is 11.6 Å². The summed E-state index contributed by atoms with van der Waals surface area (Å²) in [6.45, 7) is 0.706. The van der Waals surface area contributed by atoms with Crippen LogP contribution in [-0.2, 0) is 5.41 Å². The Bertz CT molecular complexity index is 541. The van der Waals surface area contributed by atoms with Crippen LogP contribution in [0.2, 0.25) is 5.02 Å². The molecule has 1 aliphatic rings. The molecule has 0 heterocycles. The summed E-state index contributed by atoms with van der Waals surface area (Å²) in [4.78, 5) is 0. The molecule has 0 unspecified atom stereocenters. The van der Waals surface area contributed by atoms with Crippen molar-refractivity contribution in [2.75, 3.05) is 6.54 Å². The minimum atomic E-state index is 0.144. The quantitative estimate of drug-likeness (QED) is 0.893. The van der Waals surface area contributed by atoms with Crippen LogP contribution in [-0.4, -0.2) is 6.54 Å². The van der Waals surface area contributed by atoms with Gasteiger partial charge >= 0.3 is 0 Å². The Morgan fingerprint density at radius 1 is 1.00 bits per heavy atom. The van der Waals surface area contributed by atoms with Crippen LogP contribution in [0, 0.1) is 0 Å². The van der Waals surface area contributed by atoms with Gasteiger partial charge in [-0.15, -0.1) is 0 Å². The summed E-state index contributed by atoms with van der Waals surface area (Å²) in [5.74, 6) is 0.639. The first-order valence-electron chi connectivity index (χ1n) is 6.75. The van der Waals surface area contributed by atoms with Crippen LogP contribution in [0.4, 0.5) is 0 Å². The molecule has 0 bridgehead atoms. The van der Waals surface area contributed by atoms with E-state index in [4.69, 9.17) is 17.3 Å². The SMILES string of the molecule is NCC1(c2ccc(Cl)cc2)CC(c2ccccc2)C1. The average molecular weight is 272 g/mol. The van der Waals surface area contributed by atoms with Crippen molar-refractivity contribution in [1.82, 2.24) is 0 Å². The standard InChI is InChI=1S/C17H18ClN/c18-16-8-6-15(7-9-16)17(12-19)10-14(11-17)13-4-2-1-3-5-13/h1-9,14H,10-12,19H2. The molecule has 19 heavy (non-hydrogen) atoms. The molecule has 0 amide bonds. The summed E-state index contributed by atoms with van der Waals surface area (Å²) in [6.07, 6.45) is 2.27. The van der Waals surface area contributed by atoms with Gasteiger partial charge in [0.1, 0.15) is 0 Å². The minimum absolute atomic E-state index is 0.144. The van der Waals surface area contributed by atoms with Crippen molar-refractivity contribution < 1.29 is 0 Å². The lowest BCUT2D eigenvalue weighted by Crippen LogP contribution is -2.46. The van der Waals surface area contributed by atoms with Gasteiger partial charge < -0.3 is 5.73 Å². The highest BCUT2D eigenvalue weighted by molar-refractivity contribution is 6.30. The number of hydrogen-bond acceptors (Lipinski definition) is 1. The second kappa shape index (κ2) is 4.99. The smallest absolute Gasteiger partial charge is 0.0406 e. The second-order valence-electron chi connectivity index (χ2n) is 5.51. The predicted molar refractivity (Wildman–Crippen MR) is 80.6 cm³/mol. The first-order chi connectivity index (χ1) is 9.23. The number of rotatable bonds is 3. The largest absolute Gasteiger partial charge is 0.330 e. The summed E-state index contributed by atoms with van der Waals surface area (Å²) < 4.78 is 0. The molecule has 2 heteroatoms. The molecule has 1 fully saturated rings. The summed E-state index contributed by atoms with van der Waals surface area (Å²) >= 11 is 5.96. The van der Waals surface area contributed by atoms with E-state index in [2.05, 4.69) is 42.5 Å². The Labute approximate surface area is 119 Å². The third-order valence-corrected chi connectivity index (χ3v) is 4.64. The van der Waals surface area contributed by atoms with Crippen LogP contribution in [0.15, 0.2) is 54.6 Å². The molecular weight excluding hydrogens is 254 g/mol. The highest BCUT2D eigenvalue weighted by Gasteiger charge is 2.44. The van der Waals surface area contributed by atoms with Crippen molar-refractivity contribution in [2.45, 2.75) is 24.2 Å². The van der Waals surface area contributed by atoms with Gasteiger partial charge in [-0.2, -0.15) is 0 Å². The zero-order chi connectivity index (χ0) is 13.3. The highest BCUT2D eigenvalue weighted by Crippen LogP contribution is 2.52. The molecular formula is C17H18ClN. The first kappa shape index (κ1) is 12.7. The van der Waals surface area contributed by atoms with Crippen LogP contribution in [0.5, 0.6) is 0 Å². The molecule has 0 aromatic heterocycles. The Balaban J connectivity index is 1.80. The zero-order valence-electron chi connectivity index (χ0n) is 10.9. The van der Waals surface area contributed by atoms with Crippen molar-refractivity contribution >= 4 is 11.6 Å². The third-order valence-electron chi connectivity index (χ3n) is 4.39. The summed E-state index contributed by atoms with van der Waals surface area (Å²) in [7, 11) is 0. The number of benzene rings is 2. The summed E-state index contributed by atoms with van der Waals surface area (Å²) in [5.41, 5.74) is 8.95. The van der Waals surface area contributed by atoms with E-state index < -0.39 is 0 Å². The molecule has 0 radical (unpaired) electrons. The molecule has 0 aliphatic heterocycles. The van der Waals surface area contributed by atoms with Crippen molar-refractivity contribution in [2.24, 2.45) is 5.73 Å². The van der Waals surface area contributed by atoms with Gasteiger partial charge in [-0.05, 0) is 42.0 Å². The molecule has 3 rings (SSSR count). The molecule has 2 aromatic rings. The van der Waals surface area contributed by atoms with Crippen LogP contribution in [0.3, 0.4) is 0 Å². The van der Waals surface area contributed by atoms with E-state index >= 15 is 0 Å². The maximum absolute atomic E-state index is 6.05. The maximum Gasteiger partial charge on any atom is 0.0406 e. The lowest BCUT2D eigenvalue weighted by Gasteiger charge is -2.48. The van der Waals surface area contributed by atoms with Gasteiger partial charge in [0.2, 0.25) is 0 Å². The predicted octanol–water partition coefficient (Wildman–Crippen LogP) is 4.11. The van der Waals surface area contributed by atoms with E-state index in [1.165, 1.54) is 11.1 Å². The fraction of sp³-hybridized carbons (Fsp3) is 0.294. The molecule has 0 spiro atoms. The third kappa shape index (κ3) is 2.29. The second-order valence-corrected chi connectivity index (χ2v) is 5.94.